The summed E-state index contributed by atoms with van der Waals surface area (Å²) in [7, 11) is 0. The Morgan fingerprint density at radius 3 is 2.09 bits per heavy atom. The normalized spacial score (nSPS) is 26.5. The molecule has 0 spiro atoms. The zero-order valence-electron chi connectivity index (χ0n) is 26.2. The van der Waals surface area contributed by atoms with Crippen molar-refractivity contribution in [3.63, 3.8) is 0 Å². The Bertz CT molecular complexity index is 1200. The van der Waals surface area contributed by atoms with Gasteiger partial charge in [0.05, 0.1) is 6.04 Å². The molecule has 0 aromatic heterocycles. The van der Waals surface area contributed by atoms with Crippen molar-refractivity contribution in [1.29, 1.82) is 0 Å². The number of ketones is 1. The number of carbonyl (C=O) groups is 6. The van der Waals surface area contributed by atoms with Crippen molar-refractivity contribution in [3.8, 4) is 0 Å². The van der Waals surface area contributed by atoms with Crippen LogP contribution in [-0.2, 0) is 28.7 Å². The number of halogens is 2. The Hall–Kier alpha value is -2.60. The van der Waals surface area contributed by atoms with Crippen LogP contribution in [0, 0.1) is 35.0 Å². The van der Waals surface area contributed by atoms with E-state index < -0.39 is 81.3 Å². The number of nitrogens with two attached hydrogens (primary N) is 1. The van der Waals surface area contributed by atoms with E-state index in [0.29, 0.717) is 5.92 Å². The minimum Gasteiger partial charge on any atom is -0.461 e. The molecule has 4 fully saturated rings. The van der Waals surface area contributed by atoms with Crippen molar-refractivity contribution >= 4 is 58.7 Å². The van der Waals surface area contributed by atoms with Crippen molar-refractivity contribution < 1.29 is 33.5 Å². The van der Waals surface area contributed by atoms with E-state index in [-0.39, 0.29) is 30.9 Å². The molecule has 1 heterocycles. The van der Waals surface area contributed by atoms with E-state index in [1.165, 1.54) is 4.90 Å². The molecule has 14 heteroatoms. The summed E-state index contributed by atoms with van der Waals surface area (Å²) in [5, 5.41) is 8.02. The first-order valence-electron chi connectivity index (χ1n) is 15.4. The molecule has 1 aliphatic heterocycles. The summed E-state index contributed by atoms with van der Waals surface area (Å²) < 4.78 is 4.34. The average Bonchev–Trinajstić information content (AvgIpc) is 3.85. The van der Waals surface area contributed by atoms with Crippen LogP contribution in [0.25, 0.3) is 0 Å². The monoisotopic (exact) mass is 657 g/mol. The fourth-order valence-electron chi connectivity index (χ4n) is 6.03. The number of piperidine rings is 1. The van der Waals surface area contributed by atoms with Gasteiger partial charge in [-0.1, -0.05) is 47.5 Å². The van der Waals surface area contributed by atoms with E-state index in [1.807, 2.05) is 6.92 Å². The topological polar surface area (TPSA) is 177 Å². The van der Waals surface area contributed by atoms with Crippen molar-refractivity contribution in [2.45, 2.75) is 108 Å². The summed E-state index contributed by atoms with van der Waals surface area (Å²) in [6, 6.07) is -5.05. The first kappa shape index (κ1) is 34.3. The number of alkyl halides is 2. The second kappa shape index (κ2) is 12.7. The standard InChI is InChI=1S/C30H45Cl2N5O7/c1-13(2)20(27(42)44-14(3)16-9-10-16)35-28(43)36-23(29(4,5)6)26(41)37-12-17-19(30(17,31)32)21(37)25(40)34-18(11-15-7-8-15)22(38)24(33)39/h13-21,23H,7-12H2,1-6H3,(H2,33,39)(H,34,40)(H2,35,36,43)/t14?,17-,18?,19-,20-,21-,23+/m0/s1. The highest BCUT2D eigenvalue weighted by Crippen LogP contribution is 2.65. The lowest BCUT2D eigenvalue weighted by molar-refractivity contribution is -0.152. The molecule has 0 aromatic rings. The lowest BCUT2D eigenvalue weighted by Crippen LogP contribution is -2.62. The van der Waals surface area contributed by atoms with Crippen molar-refractivity contribution in [2.75, 3.05) is 6.54 Å². The molecule has 12 nitrogen and oxygen atoms in total. The predicted octanol–water partition coefficient (Wildman–Crippen LogP) is 2.04. The third-order valence-electron chi connectivity index (χ3n) is 9.21. The lowest BCUT2D eigenvalue weighted by atomic mass is 9.85. The number of urea groups is 1. The Morgan fingerprint density at radius 2 is 1.59 bits per heavy atom. The maximum atomic E-state index is 14.1. The lowest BCUT2D eigenvalue weighted by Gasteiger charge is -2.37. The number of nitrogens with one attached hydrogen (secondary N) is 3. The number of rotatable bonds is 13. The zero-order chi connectivity index (χ0) is 32.9. The minimum absolute atomic E-state index is 0.0571. The van der Waals surface area contributed by atoms with Gasteiger partial charge in [-0.2, -0.15) is 0 Å². The zero-order valence-corrected chi connectivity index (χ0v) is 27.7. The predicted molar refractivity (Wildman–Crippen MR) is 162 cm³/mol. The molecule has 0 aromatic carbocycles. The highest BCUT2D eigenvalue weighted by Gasteiger charge is 2.74. The molecule has 3 aliphatic carbocycles. The van der Waals surface area contributed by atoms with Crippen LogP contribution in [0.3, 0.4) is 0 Å². The van der Waals surface area contributed by atoms with Crippen molar-refractivity contribution in [3.05, 3.63) is 0 Å². The van der Waals surface area contributed by atoms with Crippen LogP contribution < -0.4 is 21.7 Å². The maximum Gasteiger partial charge on any atom is 0.329 e. The largest absolute Gasteiger partial charge is 0.461 e. The van der Waals surface area contributed by atoms with Crippen LogP contribution in [-0.4, -0.2) is 81.6 Å². The van der Waals surface area contributed by atoms with Gasteiger partial charge in [0.15, 0.2) is 0 Å². The molecular weight excluding hydrogens is 613 g/mol. The van der Waals surface area contributed by atoms with Gasteiger partial charge < -0.3 is 31.3 Å². The SMILES string of the molecule is CC(OC(=O)[C@@H](NC(=O)N[C@H](C(=O)N1C[C@H]2[C@@H]([C@H]1C(=O)NC(CC1CC1)C(=O)C(N)=O)C2(Cl)Cl)C(C)(C)C)C(C)C)C1CC1. The van der Waals surface area contributed by atoms with Gasteiger partial charge in [-0.05, 0) is 49.4 Å². The molecule has 0 radical (unpaired) electrons. The van der Waals surface area contributed by atoms with E-state index in [0.717, 1.165) is 25.7 Å². The van der Waals surface area contributed by atoms with Crippen LogP contribution in [0.2, 0.25) is 0 Å². The van der Waals surface area contributed by atoms with E-state index in [1.54, 1.807) is 34.6 Å². The highest BCUT2D eigenvalue weighted by molar-refractivity contribution is 6.51. The summed E-state index contributed by atoms with van der Waals surface area (Å²) in [4.78, 5) is 79.5. The molecule has 246 valence electrons. The number of hydrogen-bond acceptors (Lipinski definition) is 7. The maximum absolute atomic E-state index is 14.1. The summed E-state index contributed by atoms with van der Waals surface area (Å²) >= 11 is 12.9. The number of esters is 1. The molecule has 7 atom stereocenters. The third-order valence-corrected chi connectivity index (χ3v) is 10.3. The van der Waals surface area contributed by atoms with E-state index in [4.69, 9.17) is 33.7 Å². The first-order chi connectivity index (χ1) is 20.3. The molecule has 3 saturated carbocycles. The van der Waals surface area contributed by atoms with Crippen molar-refractivity contribution in [2.24, 2.45) is 40.7 Å². The number of Topliss-reactive ketones (excluding diaryl/α,β-unsaturated/α-hetero) is 1. The Kier molecular flexibility index (Phi) is 9.86. The van der Waals surface area contributed by atoms with Gasteiger partial charge in [0.1, 0.15) is 28.6 Å². The van der Waals surface area contributed by atoms with Gasteiger partial charge in [-0.15, -0.1) is 23.2 Å². The van der Waals surface area contributed by atoms with Crippen LogP contribution in [0.5, 0.6) is 0 Å². The fourth-order valence-corrected chi connectivity index (χ4v) is 6.85. The highest BCUT2D eigenvalue weighted by atomic mass is 35.5. The summed E-state index contributed by atoms with van der Waals surface area (Å²) in [6.45, 7) is 10.7. The number of fused-ring (bicyclic) bond motifs is 1. The molecule has 2 unspecified atom stereocenters. The number of ether oxygens (including phenoxy) is 1. The van der Waals surface area contributed by atoms with Gasteiger partial charge in [0.25, 0.3) is 5.91 Å². The third kappa shape index (κ3) is 7.61. The molecule has 1 saturated heterocycles. The molecule has 4 rings (SSSR count). The fraction of sp³-hybridized carbons (Fsp3) is 0.800. The van der Waals surface area contributed by atoms with E-state index >= 15 is 0 Å². The smallest absolute Gasteiger partial charge is 0.329 e. The van der Waals surface area contributed by atoms with Crippen LogP contribution in [0.4, 0.5) is 4.79 Å². The minimum atomic E-state index is -1.25. The van der Waals surface area contributed by atoms with Gasteiger partial charge in [-0.25, -0.2) is 9.59 Å². The molecule has 0 bridgehead atoms. The Morgan fingerprint density at radius 1 is 0.977 bits per heavy atom. The van der Waals surface area contributed by atoms with Gasteiger partial charge in [-0.3, -0.25) is 19.2 Å². The van der Waals surface area contributed by atoms with Crippen molar-refractivity contribution in [1.82, 2.24) is 20.9 Å². The van der Waals surface area contributed by atoms with Crippen LogP contribution in [0.15, 0.2) is 0 Å². The summed E-state index contributed by atoms with van der Waals surface area (Å²) in [5.74, 6) is -4.59. The quantitative estimate of drug-likeness (QED) is 0.133. The number of likely N-dealkylation sites (tertiary alicyclic amines) is 1. The van der Waals surface area contributed by atoms with E-state index in [9.17, 15) is 28.8 Å². The second-order valence-electron chi connectivity index (χ2n) is 14.3. The first-order valence-corrected chi connectivity index (χ1v) is 16.2. The molecular formula is C30H45Cl2N5O7. The second-order valence-corrected chi connectivity index (χ2v) is 15.8. The molecule has 44 heavy (non-hydrogen) atoms. The molecule has 5 amide bonds. The summed E-state index contributed by atoms with van der Waals surface area (Å²) in [5.41, 5.74) is 4.43. The Labute approximate surface area is 268 Å². The van der Waals surface area contributed by atoms with Crippen LogP contribution >= 0.6 is 23.2 Å². The number of carbonyl (C=O) groups excluding carboxylic acids is 6. The van der Waals surface area contributed by atoms with Gasteiger partial charge in [0, 0.05) is 18.4 Å². The molecule has 5 N–H and O–H groups in total. The van der Waals surface area contributed by atoms with E-state index in [2.05, 4.69) is 16.0 Å². The van der Waals surface area contributed by atoms with Gasteiger partial charge >= 0.3 is 12.0 Å². The Balaban J connectivity index is 1.49. The number of nitrogens with zero attached hydrogens (tertiary/aromatic N) is 1. The number of primary amides is 1. The number of hydrogen-bond donors (Lipinski definition) is 4. The molecule has 4 aliphatic rings. The summed E-state index contributed by atoms with van der Waals surface area (Å²) in [6.07, 6.45) is 3.76. The van der Waals surface area contributed by atoms with Crippen LogP contribution in [0.1, 0.15) is 73.6 Å². The van der Waals surface area contributed by atoms with Gasteiger partial charge in [0.2, 0.25) is 17.6 Å². The average molecular weight is 659 g/mol. The number of amides is 5.